The lowest BCUT2D eigenvalue weighted by molar-refractivity contribution is -0.110. The SMILES string of the molecule is C[Si](Cl)(Cl)CC(F)(F)F. The van der Waals surface area contributed by atoms with Gasteiger partial charge in [-0.2, -0.15) is 13.2 Å². The van der Waals surface area contributed by atoms with Crippen molar-refractivity contribution in [3.05, 3.63) is 0 Å². The fraction of sp³-hybridized carbons (Fsp3) is 1.00. The second-order valence-electron chi connectivity index (χ2n) is 1.86. The van der Waals surface area contributed by atoms with Crippen molar-refractivity contribution in [3.8, 4) is 0 Å². The molecule has 56 valence electrons. The summed E-state index contributed by atoms with van der Waals surface area (Å²) in [5, 5.41) is 0. The Hall–Kier alpha value is 0.587. The smallest absolute Gasteiger partial charge is 0.171 e. The lowest BCUT2D eigenvalue weighted by Gasteiger charge is -2.11. The lowest BCUT2D eigenvalue weighted by Crippen LogP contribution is -2.23. The van der Waals surface area contributed by atoms with E-state index in [9.17, 15) is 13.2 Å². The van der Waals surface area contributed by atoms with Crippen molar-refractivity contribution >= 4 is 28.9 Å². The largest absolute Gasteiger partial charge is 0.389 e. The Labute approximate surface area is 61.4 Å². The molecule has 6 heteroatoms. The van der Waals surface area contributed by atoms with Gasteiger partial charge < -0.3 is 0 Å². The van der Waals surface area contributed by atoms with E-state index < -0.39 is 18.9 Å². The molecular formula is C3H5Cl2F3Si. The number of rotatable bonds is 1. The maximum Gasteiger partial charge on any atom is 0.389 e. The van der Waals surface area contributed by atoms with E-state index in [0.717, 1.165) is 0 Å². The number of hydrogen-bond acceptors (Lipinski definition) is 0. The quantitative estimate of drug-likeness (QED) is 0.447. The molecule has 0 aliphatic carbocycles. The predicted octanol–water partition coefficient (Wildman–Crippen LogP) is 3.10. The van der Waals surface area contributed by atoms with Crippen molar-refractivity contribution in [3.63, 3.8) is 0 Å². The highest BCUT2D eigenvalue weighted by molar-refractivity contribution is 7.44. The van der Waals surface area contributed by atoms with Crippen molar-refractivity contribution in [1.29, 1.82) is 0 Å². The monoisotopic (exact) mass is 196 g/mol. The Kier molecular flexibility index (Phi) is 2.85. The first-order chi connectivity index (χ1) is 3.71. The molecule has 0 bridgehead atoms. The van der Waals surface area contributed by atoms with Gasteiger partial charge in [-0.05, 0) is 6.55 Å². The highest BCUT2D eigenvalue weighted by Crippen LogP contribution is 2.32. The van der Waals surface area contributed by atoms with E-state index in [2.05, 4.69) is 0 Å². The average Bonchev–Trinajstić information content (AvgIpc) is 1.14. The Bertz CT molecular complexity index is 82.2. The third kappa shape index (κ3) is 8.59. The van der Waals surface area contributed by atoms with Gasteiger partial charge in [0.2, 0.25) is 0 Å². The molecule has 0 rings (SSSR count). The molecule has 0 aliphatic heterocycles. The standard InChI is InChI=1S/C3H5Cl2F3Si/c1-9(4,5)2-3(6,7)8/h2H2,1H3. The summed E-state index contributed by atoms with van der Waals surface area (Å²) >= 11 is 10.4. The van der Waals surface area contributed by atoms with Crippen LogP contribution >= 0.6 is 22.2 Å². The molecule has 0 unspecified atom stereocenters. The highest BCUT2D eigenvalue weighted by atomic mass is 35.7. The van der Waals surface area contributed by atoms with E-state index in [0.29, 0.717) is 0 Å². The molecule has 9 heavy (non-hydrogen) atoms. The van der Waals surface area contributed by atoms with Gasteiger partial charge in [0.25, 0.3) is 6.69 Å². The molecule has 0 aromatic carbocycles. The summed E-state index contributed by atoms with van der Waals surface area (Å²) < 4.78 is 34.3. The van der Waals surface area contributed by atoms with Crippen LogP contribution in [0.4, 0.5) is 13.2 Å². The van der Waals surface area contributed by atoms with Crippen molar-refractivity contribution < 1.29 is 13.2 Å². The normalized spacial score (nSPS) is 14.0. The third-order valence-electron chi connectivity index (χ3n) is 0.511. The highest BCUT2D eigenvalue weighted by Gasteiger charge is 2.38. The van der Waals surface area contributed by atoms with Gasteiger partial charge in [0.05, 0.1) is 6.04 Å². The minimum atomic E-state index is -4.22. The zero-order valence-corrected chi connectivity index (χ0v) is 7.11. The Morgan fingerprint density at radius 1 is 1.33 bits per heavy atom. The fourth-order valence-electron chi connectivity index (χ4n) is 0.352. The van der Waals surface area contributed by atoms with Crippen LogP contribution in [0.3, 0.4) is 0 Å². The molecule has 0 radical (unpaired) electrons. The Morgan fingerprint density at radius 2 is 1.67 bits per heavy atom. The third-order valence-corrected chi connectivity index (χ3v) is 2.33. The molecule has 0 saturated heterocycles. The summed E-state index contributed by atoms with van der Waals surface area (Å²) in [5.74, 6) is 0. The first-order valence-electron chi connectivity index (χ1n) is 2.15. The molecule has 0 aromatic rings. The second-order valence-corrected chi connectivity index (χ2v) is 9.94. The molecule has 0 spiro atoms. The van der Waals surface area contributed by atoms with Crippen LogP contribution in [0.15, 0.2) is 0 Å². The molecule has 0 atom stereocenters. The van der Waals surface area contributed by atoms with E-state index >= 15 is 0 Å². The summed E-state index contributed by atoms with van der Waals surface area (Å²) in [4.78, 5) is 0. The van der Waals surface area contributed by atoms with Crippen LogP contribution in [-0.4, -0.2) is 12.9 Å². The number of alkyl halides is 3. The molecule has 0 amide bonds. The summed E-state index contributed by atoms with van der Waals surface area (Å²) in [6.07, 6.45) is -4.22. The second kappa shape index (κ2) is 2.68. The Balaban J connectivity index is 3.75. The topological polar surface area (TPSA) is 0 Å². The van der Waals surface area contributed by atoms with Crippen LogP contribution in [0.1, 0.15) is 0 Å². The van der Waals surface area contributed by atoms with Crippen LogP contribution in [-0.2, 0) is 0 Å². The summed E-state index contributed by atoms with van der Waals surface area (Å²) in [7, 11) is 0. The van der Waals surface area contributed by atoms with Crippen molar-refractivity contribution in [2.45, 2.75) is 18.8 Å². The first-order valence-corrected chi connectivity index (χ1v) is 6.88. The average molecular weight is 197 g/mol. The van der Waals surface area contributed by atoms with Crippen LogP contribution in [0.2, 0.25) is 12.6 Å². The van der Waals surface area contributed by atoms with E-state index in [4.69, 9.17) is 22.2 Å². The van der Waals surface area contributed by atoms with Gasteiger partial charge in [-0.3, -0.25) is 0 Å². The molecule has 0 nitrogen and oxygen atoms in total. The molecule has 0 saturated carbocycles. The van der Waals surface area contributed by atoms with Gasteiger partial charge in [0, 0.05) is 0 Å². The summed E-state index contributed by atoms with van der Waals surface area (Å²) in [6, 6.07) is -1.04. The van der Waals surface area contributed by atoms with E-state index in [-0.39, 0.29) is 0 Å². The van der Waals surface area contributed by atoms with E-state index in [1.165, 1.54) is 6.55 Å². The van der Waals surface area contributed by atoms with Gasteiger partial charge in [-0.15, -0.1) is 22.2 Å². The van der Waals surface area contributed by atoms with Crippen molar-refractivity contribution in [2.75, 3.05) is 0 Å². The van der Waals surface area contributed by atoms with Crippen LogP contribution < -0.4 is 0 Å². The van der Waals surface area contributed by atoms with Gasteiger partial charge in [-0.1, -0.05) is 0 Å². The van der Waals surface area contributed by atoms with Gasteiger partial charge in [0.15, 0.2) is 0 Å². The number of halogens is 5. The van der Waals surface area contributed by atoms with Crippen LogP contribution in [0.25, 0.3) is 0 Å². The Morgan fingerprint density at radius 3 is 1.67 bits per heavy atom. The maximum atomic E-state index is 11.4. The summed E-state index contributed by atoms with van der Waals surface area (Å²) in [6.45, 7) is -1.73. The molecular weight excluding hydrogens is 192 g/mol. The van der Waals surface area contributed by atoms with Crippen molar-refractivity contribution in [1.82, 2.24) is 0 Å². The van der Waals surface area contributed by atoms with Gasteiger partial charge >= 0.3 is 6.18 Å². The molecule has 0 fully saturated rings. The first kappa shape index (κ1) is 9.59. The van der Waals surface area contributed by atoms with Gasteiger partial charge in [-0.25, -0.2) is 0 Å². The fourth-order valence-corrected chi connectivity index (χ4v) is 1.97. The molecule has 0 heterocycles. The minimum Gasteiger partial charge on any atom is -0.171 e. The minimum absolute atomic E-state index is 1.04. The van der Waals surface area contributed by atoms with Crippen LogP contribution in [0, 0.1) is 0 Å². The predicted molar refractivity (Wildman–Crippen MR) is 34.2 cm³/mol. The molecule has 0 aliphatic rings. The van der Waals surface area contributed by atoms with E-state index in [1.54, 1.807) is 0 Å². The zero-order valence-electron chi connectivity index (χ0n) is 4.60. The summed E-state index contributed by atoms with van der Waals surface area (Å²) in [5.41, 5.74) is 0. The van der Waals surface area contributed by atoms with Crippen molar-refractivity contribution in [2.24, 2.45) is 0 Å². The van der Waals surface area contributed by atoms with Gasteiger partial charge in [0.1, 0.15) is 0 Å². The number of hydrogen-bond donors (Lipinski definition) is 0. The maximum absolute atomic E-state index is 11.4. The van der Waals surface area contributed by atoms with E-state index in [1.807, 2.05) is 0 Å². The molecule has 0 N–H and O–H groups in total. The zero-order chi connectivity index (χ0) is 7.71. The molecule has 0 aromatic heterocycles. The lowest BCUT2D eigenvalue weighted by atomic mass is 10.8. The van der Waals surface area contributed by atoms with Crippen LogP contribution in [0.5, 0.6) is 0 Å².